The van der Waals surface area contributed by atoms with Crippen LogP contribution in [0.5, 0.6) is 0 Å². The molecule has 2 aromatic rings. The SMILES string of the molecule is CC(C)C(NC(=O)c1ccc(Br)cc1)c1ccccc1. The highest BCUT2D eigenvalue weighted by Crippen LogP contribution is 2.22. The molecule has 0 bridgehead atoms. The fraction of sp³-hybridized carbons (Fsp3) is 0.235. The van der Waals surface area contributed by atoms with E-state index in [4.69, 9.17) is 0 Å². The van der Waals surface area contributed by atoms with Gasteiger partial charge < -0.3 is 5.32 Å². The predicted octanol–water partition coefficient (Wildman–Crippen LogP) is 4.58. The number of carbonyl (C=O) groups is 1. The van der Waals surface area contributed by atoms with Crippen LogP contribution in [0.25, 0.3) is 0 Å². The molecule has 104 valence electrons. The van der Waals surface area contributed by atoms with Crippen molar-refractivity contribution in [2.75, 3.05) is 0 Å². The summed E-state index contributed by atoms with van der Waals surface area (Å²) in [4.78, 5) is 12.3. The summed E-state index contributed by atoms with van der Waals surface area (Å²) < 4.78 is 0.970. The Morgan fingerprint density at radius 3 is 2.15 bits per heavy atom. The van der Waals surface area contributed by atoms with Crippen molar-refractivity contribution in [3.8, 4) is 0 Å². The second kappa shape index (κ2) is 6.71. The molecule has 1 N–H and O–H groups in total. The van der Waals surface area contributed by atoms with E-state index in [1.165, 1.54) is 0 Å². The molecule has 0 aliphatic carbocycles. The molecule has 1 atom stereocenters. The average molecular weight is 332 g/mol. The number of rotatable bonds is 4. The molecule has 0 aromatic heterocycles. The van der Waals surface area contributed by atoms with Crippen LogP contribution in [0.4, 0.5) is 0 Å². The van der Waals surface area contributed by atoms with Gasteiger partial charge in [0.05, 0.1) is 6.04 Å². The number of nitrogens with one attached hydrogen (secondary N) is 1. The van der Waals surface area contributed by atoms with E-state index in [1.54, 1.807) is 0 Å². The molecule has 0 radical (unpaired) electrons. The van der Waals surface area contributed by atoms with Gasteiger partial charge in [0.25, 0.3) is 5.91 Å². The van der Waals surface area contributed by atoms with Gasteiger partial charge in [0, 0.05) is 10.0 Å². The molecule has 1 amide bonds. The lowest BCUT2D eigenvalue weighted by Gasteiger charge is -2.23. The Balaban J connectivity index is 2.17. The summed E-state index contributed by atoms with van der Waals surface area (Å²) in [5.74, 6) is 0.289. The molecule has 0 spiro atoms. The molecule has 2 aromatic carbocycles. The molecule has 0 saturated carbocycles. The third-order valence-corrected chi connectivity index (χ3v) is 3.75. The number of halogens is 1. The van der Waals surface area contributed by atoms with Gasteiger partial charge in [-0.05, 0) is 35.7 Å². The van der Waals surface area contributed by atoms with Crippen molar-refractivity contribution >= 4 is 21.8 Å². The molecule has 0 saturated heterocycles. The highest BCUT2D eigenvalue weighted by molar-refractivity contribution is 9.10. The lowest BCUT2D eigenvalue weighted by atomic mass is 9.95. The first-order valence-corrected chi connectivity index (χ1v) is 7.48. The number of benzene rings is 2. The Kier molecular flexibility index (Phi) is 4.96. The molecule has 2 rings (SSSR count). The maximum atomic E-state index is 12.3. The Labute approximate surface area is 128 Å². The molecule has 1 unspecified atom stereocenters. The van der Waals surface area contributed by atoms with E-state index in [-0.39, 0.29) is 11.9 Å². The van der Waals surface area contributed by atoms with E-state index in [9.17, 15) is 4.79 Å². The summed E-state index contributed by atoms with van der Waals surface area (Å²) in [5.41, 5.74) is 1.81. The van der Waals surface area contributed by atoms with Crippen molar-refractivity contribution in [3.05, 3.63) is 70.2 Å². The first-order valence-electron chi connectivity index (χ1n) is 6.69. The minimum atomic E-state index is -0.0416. The van der Waals surface area contributed by atoms with Gasteiger partial charge in [-0.15, -0.1) is 0 Å². The lowest BCUT2D eigenvalue weighted by Crippen LogP contribution is -2.31. The van der Waals surface area contributed by atoms with Crippen LogP contribution in [0.1, 0.15) is 35.8 Å². The van der Waals surface area contributed by atoms with Crippen LogP contribution in [-0.2, 0) is 0 Å². The van der Waals surface area contributed by atoms with Gasteiger partial charge in [0.15, 0.2) is 0 Å². The molecule has 0 heterocycles. The molecule has 2 nitrogen and oxygen atoms in total. The van der Waals surface area contributed by atoms with E-state index in [1.807, 2.05) is 54.6 Å². The van der Waals surface area contributed by atoms with E-state index in [2.05, 4.69) is 35.1 Å². The zero-order valence-electron chi connectivity index (χ0n) is 11.6. The Morgan fingerprint density at radius 2 is 1.60 bits per heavy atom. The van der Waals surface area contributed by atoms with Gasteiger partial charge in [0.2, 0.25) is 0 Å². The van der Waals surface area contributed by atoms with Crippen molar-refractivity contribution in [1.29, 1.82) is 0 Å². The van der Waals surface area contributed by atoms with E-state index in [0.717, 1.165) is 10.0 Å². The number of hydrogen-bond acceptors (Lipinski definition) is 1. The number of carbonyl (C=O) groups excluding carboxylic acids is 1. The summed E-state index contributed by atoms with van der Waals surface area (Å²) in [7, 11) is 0. The fourth-order valence-corrected chi connectivity index (χ4v) is 2.39. The van der Waals surface area contributed by atoms with Gasteiger partial charge in [-0.25, -0.2) is 0 Å². The number of amides is 1. The zero-order valence-corrected chi connectivity index (χ0v) is 13.2. The van der Waals surface area contributed by atoms with E-state index >= 15 is 0 Å². The predicted molar refractivity (Wildman–Crippen MR) is 85.6 cm³/mol. The first kappa shape index (κ1) is 14.8. The van der Waals surface area contributed by atoms with Gasteiger partial charge in [0.1, 0.15) is 0 Å². The summed E-state index contributed by atoms with van der Waals surface area (Å²) in [6, 6.07) is 17.5. The van der Waals surface area contributed by atoms with Crippen LogP contribution in [0.15, 0.2) is 59.1 Å². The van der Waals surface area contributed by atoms with Crippen LogP contribution in [0.3, 0.4) is 0 Å². The quantitative estimate of drug-likeness (QED) is 0.873. The van der Waals surface area contributed by atoms with Crippen LogP contribution in [-0.4, -0.2) is 5.91 Å². The highest BCUT2D eigenvalue weighted by atomic mass is 79.9. The van der Waals surface area contributed by atoms with Crippen molar-refractivity contribution < 1.29 is 4.79 Å². The normalized spacial score (nSPS) is 12.2. The Morgan fingerprint density at radius 1 is 1.00 bits per heavy atom. The Bertz CT molecular complexity index is 563. The average Bonchev–Trinajstić information content (AvgIpc) is 2.46. The van der Waals surface area contributed by atoms with Crippen LogP contribution < -0.4 is 5.32 Å². The van der Waals surface area contributed by atoms with Gasteiger partial charge in [-0.2, -0.15) is 0 Å². The van der Waals surface area contributed by atoms with E-state index in [0.29, 0.717) is 11.5 Å². The molecule has 0 aliphatic heterocycles. The van der Waals surface area contributed by atoms with Crippen LogP contribution in [0, 0.1) is 5.92 Å². The second-order valence-corrected chi connectivity index (χ2v) is 6.03. The largest absolute Gasteiger partial charge is 0.345 e. The third kappa shape index (κ3) is 3.70. The van der Waals surface area contributed by atoms with Crippen molar-refractivity contribution in [2.45, 2.75) is 19.9 Å². The first-order chi connectivity index (χ1) is 9.58. The molecule has 20 heavy (non-hydrogen) atoms. The van der Waals surface area contributed by atoms with Crippen molar-refractivity contribution in [1.82, 2.24) is 5.32 Å². The monoisotopic (exact) mass is 331 g/mol. The van der Waals surface area contributed by atoms with Crippen LogP contribution >= 0.6 is 15.9 Å². The summed E-state index contributed by atoms with van der Waals surface area (Å²) in [6.07, 6.45) is 0. The lowest BCUT2D eigenvalue weighted by molar-refractivity contribution is 0.0925. The van der Waals surface area contributed by atoms with E-state index < -0.39 is 0 Å². The molecule has 0 aliphatic rings. The fourth-order valence-electron chi connectivity index (χ4n) is 2.12. The van der Waals surface area contributed by atoms with Crippen LogP contribution in [0.2, 0.25) is 0 Å². The Hall–Kier alpha value is -1.61. The maximum absolute atomic E-state index is 12.3. The summed E-state index contributed by atoms with van der Waals surface area (Å²) >= 11 is 3.37. The smallest absolute Gasteiger partial charge is 0.251 e. The van der Waals surface area contributed by atoms with Crippen molar-refractivity contribution in [2.24, 2.45) is 5.92 Å². The minimum absolute atomic E-state index is 0.0207. The molecule has 0 fully saturated rings. The second-order valence-electron chi connectivity index (χ2n) is 5.11. The highest BCUT2D eigenvalue weighted by Gasteiger charge is 2.18. The van der Waals surface area contributed by atoms with Gasteiger partial charge >= 0.3 is 0 Å². The topological polar surface area (TPSA) is 29.1 Å². The van der Waals surface area contributed by atoms with Gasteiger partial charge in [-0.3, -0.25) is 4.79 Å². The maximum Gasteiger partial charge on any atom is 0.251 e. The minimum Gasteiger partial charge on any atom is -0.345 e. The molecular formula is C17H18BrNO. The summed E-state index contributed by atoms with van der Waals surface area (Å²) in [5, 5.41) is 3.11. The van der Waals surface area contributed by atoms with Crippen molar-refractivity contribution in [3.63, 3.8) is 0 Å². The zero-order chi connectivity index (χ0) is 14.5. The molecule has 3 heteroatoms. The van der Waals surface area contributed by atoms with Gasteiger partial charge in [-0.1, -0.05) is 60.1 Å². The standard InChI is InChI=1S/C17H18BrNO/c1-12(2)16(13-6-4-3-5-7-13)19-17(20)14-8-10-15(18)11-9-14/h3-12,16H,1-2H3,(H,19,20). The summed E-state index contributed by atoms with van der Waals surface area (Å²) in [6.45, 7) is 4.22. The number of hydrogen-bond donors (Lipinski definition) is 1. The molecular weight excluding hydrogens is 314 g/mol. The third-order valence-electron chi connectivity index (χ3n) is 3.22.